The Labute approximate surface area is 72.0 Å². The molecule has 0 bridgehead atoms. The van der Waals surface area contributed by atoms with Gasteiger partial charge in [-0.25, -0.2) is 0 Å². The van der Waals surface area contributed by atoms with Gasteiger partial charge in [0.2, 0.25) is 0 Å². The van der Waals surface area contributed by atoms with E-state index in [9.17, 15) is 8.77 Å². The Morgan fingerprint density at radius 3 is 2.25 bits per heavy atom. The Balaban J connectivity index is 3.97. The predicted molar refractivity (Wildman–Crippen MR) is 47.7 cm³/mol. The van der Waals surface area contributed by atoms with Crippen LogP contribution < -0.4 is 10.9 Å². The molecule has 0 aliphatic rings. The molecule has 74 valence electrons. The van der Waals surface area contributed by atoms with E-state index in [1.807, 2.05) is 0 Å². The number of hydrogen-bond acceptors (Lipinski definition) is 3. The lowest BCUT2D eigenvalue weighted by atomic mass is 10.5. The SMILES string of the molecule is C[S+](N)(=O)CCC(N)P(=O)(O)O. The molecule has 0 rings (SSSR count). The molecule has 0 amide bonds. The van der Waals surface area contributed by atoms with E-state index in [4.69, 9.17) is 20.7 Å². The van der Waals surface area contributed by atoms with Crippen LogP contribution in [-0.2, 0) is 18.9 Å². The predicted octanol–water partition coefficient (Wildman–Crippen LogP) is -1.16. The summed E-state index contributed by atoms with van der Waals surface area (Å²) in [7, 11) is -6.70. The highest BCUT2D eigenvalue weighted by molar-refractivity contribution is 8.00. The monoisotopic (exact) mass is 217 g/mol. The van der Waals surface area contributed by atoms with Gasteiger partial charge in [0.1, 0.15) is 27.9 Å². The van der Waals surface area contributed by atoms with Crippen molar-refractivity contribution in [3.63, 3.8) is 0 Å². The van der Waals surface area contributed by atoms with Gasteiger partial charge in [0.25, 0.3) is 0 Å². The summed E-state index contributed by atoms with van der Waals surface area (Å²) in [6.45, 7) is 0. The molecule has 2 atom stereocenters. The summed E-state index contributed by atoms with van der Waals surface area (Å²) in [4.78, 5) is 17.1. The summed E-state index contributed by atoms with van der Waals surface area (Å²) >= 11 is 0. The van der Waals surface area contributed by atoms with Crippen LogP contribution in [0.15, 0.2) is 0 Å². The molecule has 6 nitrogen and oxygen atoms in total. The zero-order valence-electron chi connectivity index (χ0n) is 6.71. The zero-order chi connectivity index (χ0) is 9.99. The minimum Gasteiger partial charge on any atom is -0.323 e. The summed E-state index contributed by atoms with van der Waals surface area (Å²) in [6.07, 6.45) is 1.29. The maximum Gasteiger partial charge on any atom is 0.342 e. The molecular weight excluding hydrogens is 203 g/mol. The highest BCUT2D eigenvalue weighted by Crippen LogP contribution is 2.39. The second kappa shape index (κ2) is 3.95. The first-order valence-electron chi connectivity index (χ1n) is 3.18. The fourth-order valence-corrected chi connectivity index (χ4v) is 1.89. The third-order valence-corrected chi connectivity index (χ3v) is 3.42. The first kappa shape index (κ1) is 12.2. The van der Waals surface area contributed by atoms with Crippen molar-refractivity contribution in [2.75, 3.05) is 12.0 Å². The molecule has 6 N–H and O–H groups in total. The third-order valence-electron chi connectivity index (χ3n) is 1.25. The van der Waals surface area contributed by atoms with Crippen LogP contribution in [-0.4, -0.2) is 27.6 Å². The van der Waals surface area contributed by atoms with Crippen molar-refractivity contribution in [3.8, 4) is 0 Å². The van der Waals surface area contributed by atoms with E-state index in [0.717, 1.165) is 0 Å². The Morgan fingerprint density at radius 1 is 1.58 bits per heavy atom. The molecule has 0 radical (unpaired) electrons. The van der Waals surface area contributed by atoms with E-state index in [1.54, 1.807) is 0 Å². The topological polar surface area (TPSA) is 127 Å². The molecule has 8 heteroatoms. The van der Waals surface area contributed by atoms with E-state index in [-0.39, 0.29) is 12.2 Å². The van der Waals surface area contributed by atoms with Gasteiger partial charge in [-0.15, -0.1) is 0 Å². The lowest BCUT2D eigenvalue weighted by Gasteiger charge is -2.11. The summed E-state index contributed by atoms with van der Waals surface area (Å²) < 4.78 is 21.4. The highest BCUT2D eigenvalue weighted by atomic mass is 32.3. The van der Waals surface area contributed by atoms with Crippen LogP contribution in [0, 0.1) is 0 Å². The van der Waals surface area contributed by atoms with Crippen LogP contribution in [0.4, 0.5) is 0 Å². The van der Waals surface area contributed by atoms with Gasteiger partial charge >= 0.3 is 7.60 Å². The van der Waals surface area contributed by atoms with Crippen molar-refractivity contribution in [1.29, 1.82) is 0 Å². The molecule has 2 unspecified atom stereocenters. The van der Waals surface area contributed by atoms with Gasteiger partial charge in [-0.3, -0.25) is 4.57 Å². The van der Waals surface area contributed by atoms with Crippen molar-refractivity contribution in [3.05, 3.63) is 0 Å². The average molecular weight is 217 g/mol. The van der Waals surface area contributed by atoms with Crippen molar-refractivity contribution in [2.45, 2.75) is 12.2 Å². The summed E-state index contributed by atoms with van der Waals surface area (Å²) in [5.41, 5.74) is 5.11. The minimum atomic E-state index is -4.25. The van der Waals surface area contributed by atoms with Gasteiger partial charge in [0.05, 0.1) is 0 Å². The first-order chi connectivity index (χ1) is 5.13. The number of nitrogens with two attached hydrogens (primary N) is 2. The van der Waals surface area contributed by atoms with Gasteiger partial charge < -0.3 is 15.5 Å². The smallest absolute Gasteiger partial charge is 0.323 e. The van der Waals surface area contributed by atoms with Crippen LogP contribution in [0.3, 0.4) is 0 Å². The van der Waals surface area contributed by atoms with Gasteiger partial charge in [0, 0.05) is 6.42 Å². The molecule has 0 aliphatic heterocycles. The van der Waals surface area contributed by atoms with Gasteiger partial charge in [-0.2, -0.15) is 5.14 Å². The van der Waals surface area contributed by atoms with Crippen molar-refractivity contribution in [2.24, 2.45) is 10.9 Å². The molecule has 0 aliphatic carbocycles. The van der Waals surface area contributed by atoms with Crippen molar-refractivity contribution < 1.29 is 18.6 Å². The number of hydrogen-bond donors (Lipinski definition) is 4. The summed E-state index contributed by atoms with van der Waals surface area (Å²) in [5, 5.41) is 5.15. The molecule has 0 spiro atoms. The number of rotatable bonds is 4. The lowest BCUT2D eigenvalue weighted by Crippen LogP contribution is -2.30. The molecule has 0 heterocycles. The standard InChI is InChI=1S/C4H13N2O4PS/c1-12(6,10)3-2-4(5)11(7,8)9/h4H,2-3,5H2,1H3,(H3-,6,7,8,9,10)/p+1. The van der Waals surface area contributed by atoms with E-state index in [2.05, 4.69) is 0 Å². The molecule has 0 aromatic rings. The molecule has 12 heavy (non-hydrogen) atoms. The molecule has 0 aromatic heterocycles. The fourth-order valence-electron chi connectivity index (χ4n) is 0.523. The maximum atomic E-state index is 10.9. The quantitative estimate of drug-likeness (QED) is 0.349. The molecule has 0 aromatic carbocycles. The lowest BCUT2D eigenvalue weighted by molar-refractivity contribution is 0.357. The van der Waals surface area contributed by atoms with E-state index in [1.165, 1.54) is 6.26 Å². The van der Waals surface area contributed by atoms with E-state index in [0.29, 0.717) is 0 Å². The molecule has 0 saturated carbocycles. The Hall–Kier alpha value is 0.220. The van der Waals surface area contributed by atoms with Crippen LogP contribution >= 0.6 is 7.60 Å². The van der Waals surface area contributed by atoms with Crippen LogP contribution in [0.5, 0.6) is 0 Å². The first-order valence-corrected chi connectivity index (χ1v) is 7.06. The van der Waals surface area contributed by atoms with Crippen LogP contribution in [0.2, 0.25) is 0 Å². The largest absolute Gasteiger partial charge is 0.342 e. The van der Waals surface area contributed by atoms with Gasteiger partial charge in [0.15, 0.2) is 0 Å². The fraction of sp³-hybridized carbons (Fsp3) is 1.00. The minimum absolute atomic E-state index is 0.0271. The maximum absolute atomic E-state index is 10.9. The Bertz CT molecular complexity index is 233. The van der Waals surface area contributed by atoms with Crippen LogP contribution in [0.1, 0.15) is 6.42 Å². The van der Waals surface area contributed by atoms with E-state index >= 15 is 0 Å². The average Bonchev–Trinajstić information content (AvgIpc) is 1.78. The molecular formula is C4H14N2O4PS+. The summed E-state index contributed by atoms with van der Waals surface area (Å²) in [6, 6.07) is 0. The zero-order valence-corrected chi connectivity index (χ0v) is 8.42. The summed E-state index contributed by atoms with van der Waals surface area (Å²) in [5.74, 6) is -1.24. The highest BCUT2D eigenvalue weighted by Gasteiger charge is 2.27. The second-order valence-electron chi connectivity index (χ2n) is 2.72. The van der Waals surface area contributed by atoms with Crippen LogP contribution in [0.25, 0.3) is 0 Å². The van der Waals surface area contributed by atoms with Gasteiger partial charge in [-0.1, -0.05) is 4.21 Å². The molecule has 0 fully saturated rings. The Kier molecular flexibility index (Phi) is 4.02. The second-order valence-corrected chi connectivity index (χ2v) is 7.11. The van der Waals surface area contributed by atoms with Gasteiger partial charge in [-0.05, 0) is 0 Å². The normalized spacial score (nSPS) is 20.1. The third kappa shape index (κ3) is 5.82. The van der Waals surface area contributed by atoms with Crippen molar-refractivity contribution >= 4 is 17.7 Å². The molecule has 0 saturated heterocycles. The van der Waals surface area contributed by atoms with E-state index < -0.39 is 23.5 Å². The van der Waals surface area contributed by atoms with Crippen molar-refractivity contribution in [1.82, 2.24) is 0 Å². The Morgan fingerprint density at radius 2 is 2.00 bits per heavy atom.